The topological polar surface area (TPSA) is 12.0 Å². The van der Waals surface area contributed by atoms with Crippen molar-refractivity contribution in [1.29, 1.82) is 0 Å². The Kier molecular flexibility index (Phi) is 3.10. The van der Waals surface area contributed by atoms with E-state index in [0.717, 1.165) is 12.1 Å². The molecular formula is C9H8F3NS. The molecule has 0 radical (unpaired) electrons. The van der Waals surface area contributed by atoms with E-state index in [0.29, 0.717) is 10.7 Å². The quantitative estimate of drug-likeness (QED) is 0.726. The average molecular weight is 219 g/mol. The number of alkyl halides is 3. The van der Waals surface area contributed by atoms with Crippen molar-refractivity contribution in [3.05, 3.63) is 29.8 Å². The molecule has 0 atom stereocenters. The fourth-order valence-corrected chi connectivity index (χ4v) is 1.09. The van der Waals surface area contributed by atoms with Gasteiger partial charge in [-0.2, -0.15) is 13.2 Å². The summed E-state index contributed by atoms with van der Waals surface area (Å²) in [5, 5.41) is 2.65. The second kappa shape index (κ2) is 3.96. The van der Waals surface area contributed by atoms with Crippen molar-refractivity contribution in [1.82, 2.24) is 0 Å². The number of benzene rings is 1. The summed E-state index contributed by atoms with van der Waals surface area (Å²) >= 11 is 4.72. The summed E-state index contributed by atoms with van der Waals surface area (Å²) in [5.74, 6) is 0. The van der Waals surface area contributed by atoms with Crippen LogP contribution < -0.4 is 5.32 Å². The summed E-state index contributed by atoms with van der Waals surface area (Å²) in [7, 11) is 0. The number of halogens is 3. The third kappa shape index (κ3) is 2.99. The molecule has 0 aromatic heterocycles. The highest BCUT2D eigenvalue weighted by molar-refractivity contribution is 7.80. The van der Waals surface area contributed by atoms with E-state index in [4.69, 9.17) is 12.2 Å². The molecule has 0 unspecified atom stereocenters. The predicted octanol–water partition coefficient (Wildman–Crippen LogP) is 3.46. The zero-order valence-corrected chi connectivity index (χ0v) is 8.17. The number of rotatable bonds is 1. The van der Waals surface area contributed by atoms with Gasteiger partial charge in [0.25, 0.3) is 0 Å². The van der Waals surface area contributed by atoms with Crippen LogP contribution in [0.25, 0.3) is 0 Å². The normalized spacial score (nSPS) is 11.1. The summed E-state index contributed by atoms with van der Waals surface area (Å²) in [6.45, 7) is 1.61. The molecular weight excluding hydrogens is 211 g/mol. The minimum absolute atomic E-state index is 0.354. The smallest absolute Gasteiger partial charge is 0.350 e. The van der Waals surface area contributed by atoms with Gasteiger partial charge in [0.1, 0.15) is 0 Å². The van der Waals surface area contributed by atoms with Crippen LogP contribution >= 0.6 is 12.2 Å². The Morgan fingerprint density at radius 1 is 1.36 bits per heavy atom. The van der Waals surface area contributed by atoms with Crippen LogP contribution in [-0.4, -0.2) is 4.99 Å². The molecule has 76 valence electrons. The number of hydrogen-bond acceptors (Lipinski definition) is 1. The third-order valence-electron chi connectivity index (χ3n) is 1.51. The summed E-state index contributed by atoms with van der Waals surface area (Å²) in [6.07, 6.45) is -4.31. The van der Waals surface area contributed by atoms with Crippen LogP contribution in [-0.2, 0) is 6.18 Å². The lowest BCUT2D eigenvalue weighted by molar-refractivity contribution is -0.137. The molecule has 5 heteroatoms. The van der Waals surface area contributed by atoms with Gasteiger partial charge in [-0.1, -0.05) is 18.3 Å². The van der Waals surface area contributed by atoms with E-state index in [-0.39, 0.29) is 0 Å². The lowest BCUT2D eigenvalue weighted by Crippen LogP contribution is -2.07. The molecule has 1 aromatic rings. The molecule has 0 bridgehead atoms. The molecule has 0 saturated carbocycles. The first-order valence-electron chi connectivity index (χ1n) is 3.84. The number of anilines is 1. The van der Waals surface area contributed by atoms with E-state index in [2.05, 4.69) is 5.32 Å². The van der Waals surface area contributed by atoms with Gasteiger partial charge in [0.2, 0.25) is 0 Å². The summed E-state index contributed by atoms with van der Waals surface area (Å²) in [6, 6.07) is 4.91. The summed E-state index contributed by atoms with van der Waals surface area (Å²) < 4.78 is 36.7. The minimum atomic E-state index is -4.31. The van der Waals surface area contributed by atoms with Crippen molar-refractivity contribution in [3.63, 3.8) is 0 Å². The second-order valence-corrected chi connectivity index (χ2v) is 3.37. The molecule has 1 nitrogen and oxygen atoms in total. The van der Waals surface area contributed by atoms with Gasteiger partial charge < -0.3 is 5.32 Å². The number of nitrogens with one attached hydrogen (secondary N) is 1. The van der Waals surface area contributed by atoms with Crippen LogP contribution in [0.2, 0.25) is 0 Å². The molecule has 0 aliphatic carbocycles. The number of hydrogen-bond donors (Lipinski definition) is 1. The van der Waals surface area contributed by atoms with Crippen LogP contribution in [0.15, 0.2) is 24.3 Å². The summed E-state index contributed by atoms with van der Waals surface area (Å²) in [5.41, 5.74) is -0.328. The molecule has 0 saturated heterocycles. The Hall–Kier alpha value is -1.10. The molecule has 1 aromatic carbocycles. The van der Waals surface area contributed by atoms with E-state index in [1.165, 1.54) is 12.1 Å². The zero-order valence-electron chi connectivity index (χ0n) is 7.35. The van der Waals surface area contributed by atoms with E-state index in [1.54, 1.807) is 6.92 Å². The Bertz CT molecular complexity index is 346. The van der Waals surface area contributed by atoms with Gasteiger partial charge in [0, 0.05) is 5.69 Å². The van der Waals surface area contributed by atoms with Gasteiger partial charge in [-0.05, 0) is 25.1 Å². The Labute approximate surface area is 84.9 Å². The van der Waals surface area contributed by atoms with Gasteiger partial charge in [0.05, 0.1) is 10.6 Å². The number of thiocarbonyl (C=S) groups is 1. The van der Waals surface area contributed by atoms with Crippen molar-refractivity contribution in [2.75, 3.05) is 5.32 Å². The maximum Gasteiger partial charge on any atom is 0.416 e. The van der Waals surface area contributed by atoms with Crippen LogP contribution in [0, 0.1) is 0 Å². The molecule has 0 aliphatic rings. The first kappa shape index (κ1) is 11.0. The second-order valence-electron chi connectivity index (χ2n) is 2.76. The lowest BCUT2D eigenvalue weighted by atomic mass is 10.2. The maximum absolute atomic E-state index is 12.2. The first-order chi connectivity index (χ1) is 6.39. The predicted molar refractivity (Wildman–Crippen MR) is 53.3 cm³/mol. The molecule has 1 N–H and O–H groups in total. The third-order valence-corrected chi connectivity index (χ3v) is 1.61. The molecule has 0 aliphatic heterocycles. The van der Waals surface area contributed by atoms with Gasteiger partial charge >= 0.3 is 6.18 Å². The first-order valence-corrected chi connectivity index (χ1v) is 4.25. The van der Waals surface area contributed by atoms with Gasteiger partial charge in [-0.3, -0.25) is 0 Å². The van der Waals surface area contributed by atoms with E-state index >= 15 is 0 Å². The summed E-state index contributed by atoms with van der Waals surface area (Å²) in [4.78, 5) is 0.435. The average Bonchev–Trinajstić information content (AvgIpc) is 2.01. The maximum atomic E-state index is 12.2. The highest BCUT2D eigenvalue weighted by Gasteiger charge is 2.30. The van der Waals surface area contributed by atoms with Crippen molar-refractivity contribution in [2.24, 2.45) is 0 Å². The van der Waals surface area contributed by atoms with Crippen LogP contribution in [0.3, 0.4) is 0 Å². The van der Waals surface area contributed by atoms with E-state index in [1.807, 2.05) is 0 Å². The Morgan fingerprint density at radius 2 is 2.00 bits per heavy atom. The largest absolute Gasteiger partial charge is 0.416 e. The molecule has 0 amide bonds. The van der Waals surface area contributed by atoms with Gasteiger partial charge in [-0.25, -0.2) is 0 Å². The molecule has 0 spiro atoms. The monoisotopic (exact) mass is 219 g/mol. The molecule has 0 heterocycles. The molecule has 0 fully saturated rings. The van der Waals surface area contributed by atoms with E-state index < -0.39 is 11.7 Å². The standard InChI is InChI=1S/C9H8F3NS/c1-6(14)13-8-4-2-3-7(5-8)9(10,11)12/h2-5H,1H3,(H,13,14). The Balaban J connectivity index is 2.95. The lowest BCUT2D eigenvalue weighted by Gasteiger charge is -2.09. The van der Waals surface area contributed by atoms with Crippen molar-refractivity contribution in [2.45, 2.75) is 13.1 Å². The van der Waals surface area contributed by atoms with Crippen LogP contribution in [0.1, 0.15) is 12.5 Å². The van der Waals surface area contributed by atoms with Crippen LogP contribution in [0.5, 0.6) is 0 Å². The van der Waals surface area contributed by atoms with Gasteiger partial charge in [-0.15, -0.1) is 0 Å². The highest BCUT2D eigenvalue weighted by Crippen LogP contribution is 2.30. The Morgan fingerprint density at radius 3 is 2.50 bits per heavy atom. The van der Waals surface area contributed by atoms with Crippen molar-refractivity contribution < 1.29 is 13.2 Å². The van der Waals surface area contributed by atoms with Crippen molar-refractivity contribution in [3.8, 4) is 0 Å². The van der Waals surface area contributed by atoms with Crippen molar-refractivity contribution >= 4 is 22.9 Å². The highest BCUT2D eigenvalue weighted by atomic mass is 32.1. The molecule has 1 rings (SSSR count). The SMILES string of the molecule is CC(=S)Nc1cccc(C(F)(F)F)c1. The fourth-order valence-electron chi connectivity index (χ4n) is 0.977. The zero-order chi connectivity index (χ0) is 10.8. The fraction of sp³-hybridized carbons (Fsp3) is 0.222. The molecule has 14 heavy (non-hydrogen) atoms. The van der Waals surface area contributed by atoms with E-state index in [9.17, 15) is 13.2 Å². The van der Waals surface area contributed by atoms with Crippen LogP contribution in [0.4, 0.5) is 18.9 Å². The van der Waals surface area contributed by atoms with Gasteiger partial charge in [0.15, 0.2) is 0 Å². The minimum Gasteiger partial charge on any atom is -0.350 e.